The van der Waals surface area contributed by atoms with Crippen molar-refractivity contribution in [1.29, 1.82) is 0 Å². The van der Waals surface area contributed by atoms with E-state index >= 15 is 0 Å². The molecule has 2 fully saturated rings. The molecule has 3 nitrogen and oxygen atoms in total. The van der Waals surface area contributed by atoms with E-state index in [-0.39, 0.29) is 5.60 Å². The molecule has 2 N–H and O–H groups in total. The molecule has 2 heterocycles. The molecule has 0 aromatic heterocycles. The monoisotopic (exact) mass is 240 g/mol. The first-order valence-electron chi connectivity index (χ1n) is 7.12. The zero-order valence-corrected chi connectivity index (χ0v) is 11.6. The summed E-state index contributed by atoms with van der Waals surface area (Å²) >= 11 is 0. The quantitative estimate of drug-likeness (QED) is 0.820. The lowest BCUT2D eigenvalue weighted by Gasteiger charge is -2.39. The Labute approximate surface area is 106 Å². The zero-order valence-electron chi connectivity index (χ0n) is 11.6. The molecule has 2 rings (SSSR count). The van der Waals surface area contributed by atoms with E-state index in [1.807, 2.05) is 0 Å². The predicted molar refractivity (Wildman–Crippen MR) is 71.0 cm³/mol. The van der Waals surface area contributed by atoms with Crippen LogP contribution in [0.25, 0.3) is 0 Å². The van der Waals surface area contributed by atoms with Crippen LogP contribution in [0.1, 0.15) is 46.5 Å². The topological polar surface area (TPSA) is 38.5 Å². The van der Waals surface area contributed by atoms with Gasteiger partial charge in [0.05, 0.1) is 11.7 Å². The van der Waals surface area contributed by atoms with Gasteiger partial charge in [0.1, 0.15) is 0 Å². The van der Waals surface area contributed by atoms with Gasteiger partial charge in [-0.15, -0.1) is 0 Å². The molecule has 17 heavy (non-hydrogen) atoms. The average Bonchev–Trinajstić information content (AvgIpc) is 2.61. The molecule has 2 aliphatic heterocycles. The lowest BCUT2D eigenvalue weighted by atomic mass is 9.93. The van der Waals surface area contributed by atoms with Gasteiger partial charge >= 0.3 is 0 Å². The third-order valence-electron chi connectivity index (χ3n) is 4.43. The number of likely N-dealkylation sites (tertiary alicyclic amines) is 1. The lowest BCUT2D eigenvalue weighted by molar-refractivity contribution is -0.0393. The van der Waals surface area contributed by atoms with Gasteiger partial charge in [-0.1, -0.05) is 0 Å². The van der Waals surface area contributed by atoms with E-state index in [9.17, 15) is 0 Å². The highest BCUT2D eigenvalue weighted by Crippen LogP contribution is 2.31. The van der Waals surface area contributed by atoms with E-state index in [1.165, 1.54) is 25.7 Å². The first-order chi connectivity index (χ1) is 8.00. The Morgan fingerprint density at radius 2 is 2.06 bits per heavy atom. The van der Waals surface area contributed by atoms with Gasteiger partial charge in [-0.25, -0.2) is 0 Å². The van der Waals surface area contributed by atoms with Crippen molar-refractivity contribution in [3.63, 3.8) is 0 Å². The number of nitrogens with zero attached hydrogens (tertiary/aromatic N) is 1. The average molecular weight is 240 g/mol. The van der Waals surface area contributed by atoms with Crippen molar-refractivity contribution in [3.05, 3.63) is 0 Å². The molecule has 2 aliphatic rings. The summed E-state index contributed by atoms with van der Waals surface area (Å²) in [5.41, 5.74) is 5.90. The van der Waals surface area contributed by atoms with Gasteiger partial charge in [0, 0.05) is 19.1 Å². The zero-order chi connectivity index (χ0) is 12.5. The van der Waals surface area contributed by atoms with Crippen LogP contribution in [0.2, 0.25) is 0 Å². The van der Waals surface area contributed by atoms with Crippen molar-refractivity contribution in [2.75, 3.05) is 19.6 Å². The van der Waals surface area contributed by atoms with Crippen LogP contribution in [0, 0.1) is 5.92 Å². The second-order valence-electron chi connectivity index (χ2n) is 6.52. The summed E-state index contributed by atoms with van der Waals surface area (Å²) in [6, 6.07) is 0.699. The third-order valence-corrected chi connectivity index (χ3v) is 4.43. The normalized spacial score (nSPS) is 38.5. The van der Waals surface area contributed by atoms with Crippen LogP contribution >= 0.6 is 0 Å². The Balaban J connectivity index is 1.85. The van der Waals surface area contributed by atoms with Crippen LogP contribution < -0.4 is 5.73 Å². The second-order valence-corrected chi connectivity index (χ2v) is 6.52. The molecule has 0 amide bonds. The van der Waals surface area contributed by atoms with Crippen molar-refractivity contribution in [3.8, 4) is 0 Å². The van der Waals surface area contributed by atoms with Crippen LogP contribution in [-0.2, 0) is 4.74 Å². The molecule has 3 atom stereocenters. The summed E-state index contributed by atoms with van der Waals surface area (Å²) in [6.45, 7) is 9.84. The van der Waals surface area contributed by atoms with Gasteiger partial charge in [-0.2, -0.15) is 0 Å². The van der Waals surface area contributed by atoms with Gasteiger partial charge in [0.2, 0.25) is 0 Å². The van der Waals surface area contributed by atoms with Crippen molar-refractivity contribution < 1.29 is 4.74 Å². The molecule has 3 unspecified atom stereocenters. The standard InChI is InChI=1S/C14H28N2O/c1-11-4-5-12(8-15)9-16(11)10-13-6-7-14(2,3)17-13/h11-13H,4-10,15H2,1-3H3. The fourth-order valence-electron chi connectivity index (χ4n) is 3.18. The Morgan fingerprint density at radius 1 is 1.29 bits per heavy atom. The maximum Gasteiger partial charge on any atom is 0.0710 e. The maximum absolute atomic E-state index is 6.10. The van der Waals surface area contributed by atoms with Crippen molar-refractivity contribution in [2.45, 2.75) is 64.2 Å². The van der Waals surface area contributed by atoms with Gasteiger partial charge in [-0.05, 0) is 58.9 Å². The van der Waals surface area contributed by atoms with Gasteiger partial charge < -0.3 is 10.5 Å². The number of hydrogen-bond acceptors (Lipinski definition) is 3. The molecular formula is C14H28N2O. The van der Waals surface area contributed by atoms with E-state index < -0.39 is 0 Å². The van der Waals surface area contributed by atoms with Crippen molar-refractivity contribution >= 4 is 0 Å². The predicted octanol–water partition coefficient (Wildman–Crippen LogP) is 2.00. The van der Waals surface area contributed by atoms with Gasteiger partial charge in [-0.3, -0.25) is 4.90 Å². The van der Waals surface area contributed by atoms with E-state index in [0.29, 0.717) is 18.1 Å². The molecule has 0 radical (unpaired) electrons. The van der Waals surface area contributed by atoms with Crippen LogP contribution in [-0.4, -0.2) is 42.3 Å². The fourth-order valence-corrected chi connectivity index (χ4v) is 3.18. The van der Waals surface area contributed by atoms with Crippen LogP contribution in [0.3, 0.4) is 0 Å². The summed E-state index contributed by atoms with van der Waals surface area (Å²) in [5.74, 6) is 0.695. The molecular weight excluding hydrogens is 212 g/mol. The Hall–Kier alpha value is -0.120. The summed E-state index contributed by atoms with van der Waals surface area (Å²) in [4.78, 5) is 2.59. The molecule has 100 valence electrons. The largest absolute Gasteiger partial charge is 0.371 e. The minimum Gasteiger partial charge on any atom is -0.371 e. The fraction of sp³-hybridized carbons (Fsp3) is 1.00. The van der Waals surface area contributed by atoms with Crippen LogP contribution in [0.4, 0.5) is 0 Å². The summed E-state index contributed by atoms with van der Waals surface area (Å²) < 4.78 is 6.10. The molecule has 0 spiro atoms. The van der Waals surface area contributed by atoms with E-state index in [0.717, 1.165) is 19.6 Å². The van der Waals surface area contributed by atoms with Gasteiger partial charge in [0.15, 0.2) is 0 Å². The number of ether oxygens (including phenoxy) is 1. The minimum atomic E-state index is 0.0942. The molecule has 0 aromatic carbocycles. The number of piperidine rings is 1. The Kier molecular flexibility index (Phi) is 4.11. The second kappa shape index (κ2) is 5.25. The summed E-state index contributed by atoms with van der Waals surface area (Å²) in [5, 5.41) is 0. The SMILES string of the molecule is CC1CCC(CN)CN1CC1CCC(C)(C)O1. The molecule has 2 saturated heterocycles. The molecule has 0 bridgehead atoms. The van der Waals surface area contributed by atoms with Crippen LogP contribution in [0.15, 0.2) is 0 Å². The Bertz CT molecular complexity index is 255. The smallest absolute Gasteiger partial charge is 0.0710 e. The van der Waals surface area contributed by atoms with Crippen molar-refractivity contribution in [2.24, 2.45) is 11.7 Å². The highest BCUT2D eigenvalue weighted by atomic mass is 16.5. The molecule has 0 saturated carbocycles. The lowest BCUT2D eigenvalue weighted by Crippen LogP contribution is -2.47. The molecule has 3 heteroatoms. The van der Waals surface area contributed by atoms with Gasteiger partial charge in [0.25, 0.3) is 0 Å². The van der Waals surface area contributed by atoms with E-state index in [1.54, 1.807) is 0 Å². The highest BCUT2D eigenvalue weighted by molar-refractivity contribution is 4.86. The van der Waals surface area contributed by atoms with Crippen LogP contribution in [0.5, 0.6) is 0 Å². The number of nitrogens with two attached hydrogens (primary N) is 1. The number of rotatable bonds is 3. The van der Waals surface area contributed by atoms with E-state index in [2.05, 4.69) is 25.7 Å². The summed E-state index contributed by atoms with van der Waals surface area (Å²) in [6.07, 6.45) is 5.43. The molecule has 0 aliphatic carbocycles. The van der Waals surface area contributed by atoms with Crippen molar-refractivity contribution in [1.82, 2.24) is 4.90 Å². The Morgan fingerprint density at radius 3 is 2.65 bits per heavy atom. The minimum absolute atomic E-state index is 0.0942. The highest BCUT2D eigenvalue weighted by Gasteiger charge is 2.34. The molecule has 0 aromatic rings. The van der Waals surface area contributed by atoms with E-state index in [4.69, 9.17) is 10.5 Å². The summed E-state index contributed by atoms with van der Waals surface area (Å²) in [7, 11) is 0. The first kappa shape index (κ1) is 13.3. The maximum atomic E-state index is 6.10. The number of hydrogen-bond donors (Lipinski definition) is 1. The first-order valence-corrected chi connectivity index (χ1v) is 7.12. The third kappa shape index (κ3) is 3.43.